The average molecular weight is 457 g/mol. The van der Waals surface area contributed by atoms with E-state index in [9.17, 15) is 17.6 Å². The van der Waals surface area contributed by atoms with Gasteiger partial charge in [0.2, 0.25) is 15.9 Å². The van der Waals surface area contributed by atoms with Gasteiger partial charge in [-0.2, -0.15) is 5.10 Å². The van der Waals surface area contributed by atoms with Crippen LogP contribution in [0, 0.1) is 5.82 Å². The summed E-state index contributed by atoms with van der Waals surface area (Å²) in [4.78, 5) is 13.6. The molecule has 9 heteroatoms. The lowest BCUT2D eigenvalue weighted by Gasteiger charge is -2.18. The van der Waals surface area contributed by atoms with Crippen LogP contribution in [0.3, 0.4) is 0 Å². The minimum Gasteiger partial charge on any atom is -0.312 e. The molecule has 2 aromatic carbocycles. The number of sulfonamides is 1. The Balaban J connectivity index is 1.37. The predicted octanol–water partition coefficient (Wildman–Crippen LogP) is 3.38. The molecule has 0 unspecified atom stereocenters. The van der Waals surface area contributed by atoms with Crippen molar-refractivity contribution in [3.63, 3.8) is 0 Å². The fourth-order valence-corrected chi connectivity index (χ4v) is 5.18. The van der Waals surface area contributed by atoms with Crippen LogP contribution in [0.2, 0.25) is 0 Å². The molecule has 32 heavy (non-hydrogen) atoms. The van der Waals surface area contributed by atoms with E-state index in [2.05, 4.69) is 10.2 Å². The van der Waals surface area contributed by atoms with Crippen molar-refractivity contribution in [2.45, 2.75) is 31.1 Å². The van der Waals surface area contributed by atoms with Crippen molar-refractivity contribution in [3.8, 4) is 11.3 Å². The highest BCUT2D eigenvalue weighted by Crippen LogP contribution is 2.31. The van der Waals surface area contributed by atoms with E-state index in [1.165, 1.54) is 23.4 Å². The first kappa shape index (κ1) is 22.2. The Morgan fingerprint density at radius 3 is 2.66 bits per heavy atom. The topological polar surface area (TPSA) is 86.4 Å². The molecule has 0 saturated heterocycles. The second-order valence-corrected chi connectivity index (χ2v) is 9.97. The van der Waals surface area contributed by atoms with Gasteiger partial charge in [0.25, 0.3) is 0 Å². The van der Waals surface area contributed by atoms with Crippen LogP contribution in [0.25, 0.3) is 11.3 Å². The van der Waals surface area contributed by atoms with Crippen molar-refractivity contribution in [3.05, 3.63) is 65.6 Å². The predicted molar refractivity (Wildman–Crippen MR) is 120 cm³/mol. The van der Waals surface area contributed by atoms with E-state index < -0.39 is 10.0 Å². The number of nitrogens with one attached hydrogen (secondary N) is 1. The van der Waals surface area contributed by atoms with Gasteiger partial charge in [-0.1, -0.05) is 0 Å². The summed E-state index contributed by atoms with van der Waals surface area (Å²) in [5.41, 5.74) is 4.08. The van der Waals surface area contributed by atoms with Crippen LogP contribution in [-0.2, 0) is 27.7 Å². The number of nitrogens with zero attached hydrogens (tertiary/aromatic N) is 3. The first-order valence-corrected chi connectivity index (χ1v) is 11.9. The molecule has 0 atom stereocenters. The number of anilines is 1. The van der Waals surface area contributed by atoms with Crippen LogP contribution >= 0.6 is 0 Å². The summed E-state index contributed by atoms with van der Waals surface area (Å²) >= 11 is 0. The highest BCUT2D eigenvalue weighted by molar-refractivity contribution is 7.89. The van der Waals surface area contributed by atoms with Crippen molar-refractivity contribution >= 4 is 21.6 Å². The minimum atomic E-state index is -3.63. The van der Waals surface area contributed by atoms with Crippen LogP contribution in [0.5, 0.6) is 0 Å². The lowest BCUT2D eigenvalue weighted by molar-refractivity contribution is -0.116. The Morgan fingerprint density at radius 1 is 1.19 bits per heavy atom. The second-order valence-electron chi connectivity index (χ2n) is 7.93. The third kappa shape index (κ3) is 4.44. The molecular formula is C23H25FN4O3S. The smallest absolute Gasteiger partial charge is 0.242 e. The molecule has 0 spiro atoms. The lowest BCUT2D eigenvalue weighted by Crippen LogP contribution is -2.28. The zero-order valence-electron chi connectivity index (χ0n) is 18.0. The molecule has 1 N–H and O–H groups in total. The number of fused-ring (bicyclic) bond motifs is 1. The van der Waals surface area contributed by atoms with Crippen molar-refractivity contribution < 1.29 is 17.6 Å². The van der Waals surface area contributed by atoms with E-state index in [0.29, 0.717) is 32.4 Å². The van der Waals surface area contributed by atoms with Gasteiger partial charge in [0, 0.05) is 44.0 Å². The second kappa shape index (κ2) is 8.84. The summed E-state index contributed by atoms with van der Waals surface area (Å²) < 4.78 is 40.4. The molecule has 0 radical (unpaired) electrons. The molecule has 1 aliphatic rings. The van der Waals surface area contributed by atoms with E-state index in [-0.39, 0.29) is 16.6 Å². The maximum absolute atomic E-state index is 13.1. The van der Waals surface area contributed by atoms with E-state index in [0.717, 1.165) is 28.2 Å². The Kier molecular flexibility index (Phi) is 6.12. The molecule has 0 bridgehead atoms. The molecule has 3 aromatic rings. The summed E-state index contributed by atoms with van der Waals surface area (Å²) in [6, 6.07) is 13.0. The van der Waals surface area contributed by atoms with E-state index >= 15 is 0 Å². The van der Waals surface area contributed by atoms with Gasteiger partial charge in [-0.15, -0.1) is 0 Å². The van der Waals surface area contributed by atoms with Crippen molar-refractivity contribution in [1.82, 2.24) is 14.5 Å². The minimum absolute atomic E-state index is 0.0436. The van der Waals surface area contributed by atoms with Crippen LogP contribution in [0.1, 0.15) is 24.6 Å². The number of hydrogen-bond acceptors (Lipinski definition) is 4. The average Bonchev–Trinajstić information content (AvgIpc) is 3.41. The number of aryl methyl sites for hydroxylation is 1. The molecule has 1 amide bonds. The fourth-order valence-electron chi connectivity index (χ4n) is 3.92. The van der Waals surface area contributed by atoms with Crippen LogP contribution in [0.4, 0.5) is 10.1 Å². The molecule has 2 heterocycles. The van der Waals surface area contributed by atoms with Gasteiger partial charge in [0.15, 0.2) is 0 Å². The van der Waals surface area contributed by atoms with Gasteiger partial charge in [-0.05, 0) is 73.4 Å². The number of rotatable bonds is 7. The number of aromatic nitrogens is 2. The molecule has 0 saturated carbocycles. The van der Waals surface area contributed by atoms with Crippen LogP contribution in [0.15, 0.2) is 53.4 Å². The van der Waals surface area contributed by atoms with Gasteiger partial charge in [-0.25, -0.2) is 17.1 Å². The standard InChI is InChI=1S/C23H25FN4O3S/c1-16(29)28-13-11-18-14-21(9-10-23(18)28)32(30,31)27(2)12-3-4-20-15-22(26-25-20)17-5-7-19(24)8-6-17/h5-10,14-15H,3-4,11-13H2,1-2H3,(H,25,26). The van der Waals surface area contributed by atoms with Crippen molar-refractivity contribution in [2.75, 3.05) is 25.0 Å². The lowest BCUT2D eigenvalue weighted by atomic mass is 10.1. The van der Waals surface area contributed by atoms with Gasteiger partial charge >= 0.3 is 0 Å². The number of benzene rings is 2. The molecule has 168 valence electrons. The maximum atomic E-state index is 13.1. The number of aromatic amines is 1. The summed E-state index contributed by atoms with van der Waals surface area (Å²) in [5, 5.41) is 7.22. The monoisotopic (exact) mass is 456 g/mol. The maximum Gasteiger partial charge on any atom is 0.242 e. The molecule has 1 aromatic heterocycles. The Labute approximate surface area is 186 Å². The van der Waals surface area contributed by atoms with Gasteiger partial charge in [0.1, 0.15) is 5.82 Å². The first-order chi connectivity index (χ1) is 15.3. The molecule has 0 fully saturated rings. The number of amides is 1. The van der Waals surface area contributed by atoms with Gasteiger partial charge in [-0.3, -0.25) is 9.89 Å². The quantitative estimate of drug-likeness (QED) is 0.591. The Morgan fingerprint density at radius 2 is 1.94 bits per heavy atom. The summed E-state index contributed by atoms with van der Waals surface area (Å²) in [6.45, 7) is 2.44. The first-order valence-electron chi connectivity index (χ1n) is 10.4. The van der Waals surface area contributed by atoms with Crippen molar-refractivity contribution in [1.29, 1.82) is 0 Å². The van der Waals surface area contributed by atoms with E-state index in [1.807, 2.05) is 6.07 Å². The Bertz CT molecular complexity index is 1240. The van der Waals surface area contributed by atoms with E-state index in [4.69, 9.17) is 0 Å². The zero-order chi connectivity index (χ0) is 22.9. The normalized spacial score (nSPS) is 13.6. The summed E-state index contributed by atoms with van der Waals surface area (Å²) in [7, 11) is -2.06. The van der Waals surface area contributed by atoms with Crippen molar-refractivity contribution in [2.24, 2.45) is 0 Å². The number of carbonyl (C=O) groups excluding carboxylic acids is 1. The molecule has 0 aliphatic carbocycles. The third-order valence-corrected chi connectivity index (χ3v) is 7.58. The molecular weight excluding hydrogens is 431 g/mol. The largest absolute Gasteiger partial charge is 0.312 e. The highest BCUT2D eigenvalue weighted by atomic mass is 32.2. The molecule has 1 aliphatic heterocycles. The SMILES string of the molecule is CC(=O)N1CCc2cc(S(=O)(=O)N(C)CCCc3cc(-c4ccc(F)cc4)n[nH]3)ccc21. The number of H-pyrrole nitrogens is 1. The summed E-state index contributed by atoms with van der Waals surface area (Å²) in [6.07, 6.45) is 1.90. The van der Waals surface area contributed by atoms with Crippen LogP contribution in [-0.4, -0.2) is 49.0 Å². The van der Waals surface area contributed by atoms with Gasteiger partial charge < -0.3 is 4.90 Å². The van der Waals surface area contributed by atoms with Crippen LogP contribution < -0.4 is 4.90 Å². The number of halogens is 1. The number of carbonyl (C=O) groups is 1. The highest BCUT2D eigenvalue weighted by Gasteiger charge is 2.26. The fraction of sp³-hybridized carbons (Fsp3) is 0.304. The summed E-state index contributed by atoms with van der Waals surface area (Å²) in [5.74, 6) is -0.342. The van der Waals surface area contributed by atoms with Gasteiger partial charge in [0.05, 0.1) is 10.6 Å². The Hall–Kier alpha value is -3.04. The number of hydrogen-bond donors (Lipinski definition) is 1. The van der Waals surface area contributed by atoms with E-state index in [1.54, 1.807) is 42.3 Å². The molecule has 7 nitrogen and oxygen atoms in total. The molecule has 4 rings (SSSR count). The third-order valence-electron chi connectivity index (χ3n) is 5.72. The zero-order valence-corrected chi connectivity index (χ0v) is 18.8.